The van der Waals surface area contributed by atoms with E-state index < -0.39 is 21.7 Å². The number of sulfonamides is 1. The van der Waals surface area contributed by atoms with E-state index in [1.54, 1.807) is 6.07 Å². The van der Waals surface area contributed by atoms with Gasteiger partial charge >= 0.3 is 0 Å². The van der Waals surface area contributed by atoms with E-state index in [2.05, 4.69) is 10.0 Å². The summed E-state index contributed by atoms with van der Waals surface area (Å²) < 4.78 is 38.2. The molecule has 23 heavy (non-hydrogen) atoms. The number of carbonyl (C=O) groups excluding carboxylic acids is 2. The summed E-state index contributed by atoms with van der Waals surface area (Å²) in [7, 11) is -3.33. The number of nitrogens with one attached hydrogen (secondary N) is 2. The second-order valence-electron chi connectivity index (χ2n) is 5.18. The first kappa shape index (κ1) is 17.4. The molecule has 1 aromatic carbocycles. The van der Waals surface area contributed by atoms with Gasteiger partial charge in [0.2, 0.25) is 21.8 Å². The monoisotopic (exact) mass is 343 g/mol. The maximum atomic E-state index is 13.0. The standard InChI is InChI=1S/C14H18FN3O4S/c15-12-3-1-2-11(8-12)9-13(19)16-10-14(20)18-5-4-17-23(21,22)7-6-18/h1-3,8,17H,4-7,9-10H2,(H,16,19). The first-order valence-corrected chi connectivity index (χ1v) is 8.77. The van der Waals surface area contributed by atoms with Crippen molar-refractivity contribution in [2.75, 3.05) is 31.9 Å². The quantitative estimate of drug-likeness (QED) is 0.752. The molecule has 0 unspecified atom stereocenters. The van der Waals surface area contributed by atoms with Gasteiger partial charge in [0.1, 0.15) is 5.82 Å². The van der Waals surface area contributed by atoms with Crippen molar-refractivity contribution < 1.29 is 22.4 Å². The van der Waals surface area contributed by atoms with Gasteiger partial charge in [-0.25, -0.2) is 17.5 Å². The van der Waals surface area contributed by atoms with E-state index in [9.17, 15) is 22.4 Å². The number of benzene rings is 1. The molecule has 0 spiro atoms. The molecular weight excluding hydrogens is 325 g/mol. The zero-order chi connectivity index (χ0) is 16.9. The molecule has 7 nitrogen and oxygen atoms in total. The summed E-state index contributed by atoms with van der Waals surface area (Å²) in [5, 5.41) is 2.47. The van der Waals surface area contributed by atoms with E-state index in [-0.39, 0.29) is 44.3 Å². The molecule has 2 amide bonds. The van der Waals surface area contributed by atoms with Crippen molar-refractivity contribution in [1.29, 1.82) is 0 Å². The first-order chi connectivity index (χ1) is 10.9. The predicted molar refractivity (Wildman–Crippen MR) is 81.5 cm³/mol. The van der Waals surface area contributed by atoms with Gasteiger partial charge in [-0.2, -0.15) is 0 Å². The Balaban J connectivity index is 1.80. The fourth-order valence-corrected chi connectivity index (χ4v) is 3.19. The Morgan fingerprint density at radius 1 is 1.30 bits per heavy atom. The predicted octanol–water partition coefficient (Wildman–Crippen LogP) is -0.754. The molecule has 0 saturated carbocycles. The highest BCUT2D eigenvalue weighted by atomic mass is 32.2. The topological polar surface area (TPSA) is 95.6 Å². The number of rotatable bonds is 4. The van der Waals surface area contributed by atoms with Crippen LogP contribution in [0.1, 0.15) is 5.56 Å². The molecule has 1 fully saturated rings. The second kappa shape index (κ2) is 7.51. The summed E-state index contributed by atoms with van der Waals surface area (Å²) in [6.45, 7) is 0.297. The van der Waals surface area contributed by atoms with Gasteiger partial charge in [0, 0.05) is 19.6 Å². The van der Waals surface area contributed by atoms with E-state index in [1.165, 1.54) is 23.1 Å². The van der Waals surface area contributed by atoms with Gasteiger partial charge in [-0.05, 0) is 17.7 Å². The fourth-order valence-electron chi connectivity index (χ4n) is 2.18. The number of nitrogens with zero attached hydrogens (tertiary/aromatic N) is 1. The smallest absolute Gasteiger partial charge is 0.242 e. The maximum absolute atomic E-state index is 13.0. The van der Waals surface area contributed by atoms with Gasteiger partial charge in [-0.15, -0.1) is 0 Å². The van der Waals surface area contributed by atoms with Crippen LogP contribution in [0.15, 0.2) is 24.3 Å². The molecule has 1 saturated heterocycles. The maximum Gasteiger partial charge on any atom is 0.242 e. The SMILES string of the molecule is O=C(Cc1cccc(F)c1)NCC(=O)N1CCNS(=O)(=O)CC1. The number of hydrogen-bond acceptors (Lipinski definition) is 4. The average Bonchev–Trinajstić information content (AvgIpc) is 2.66. The van der Waals surface area contributed by atoms with Gasteiger partial charge in [0.05, 0.1) is 18.7 Å². The van der Waals surface area contributed by atoms with Gasteiger partial charge in [-0.3, -0.25) is 9.59 Å². The third kappa shape index (κ3) is 5.61. The van der Waals surface area contributed by atoms with Crippen LogP contribution >= 0.6 is 0 Å². The van der Waals surface area contributed by atoms with Crippen LogP contribution in [0.3, 0.4) is 0 Å². The van der Waals surface area contributed by atoms with Crippen LogP contribution in [0.2, 0.25) is 0 Å². The minimum absolute atomic E-state index is 0.0268. The highest BCUT2D eigenvalue weighted by molar-refractivity contribution is 7.89. The van der Waals surface area contributed by atoms with Gasteiger partial charge in [0.25, 0.3) is 0 Å². The number of halogens is 1. The normalized spacial score (nSPS) is 17.3. The van der Waals surface area contributed by atoms with Gasteiger partial charge in [0.15, 0.2) is 0 Å². The van der Waals surface area contributed by atoms with Crippen molar-refractivity contribution in [3.8, 4) is 0 Å². The number of amides is 2. The lowest BCUT2D eigenvalue weighted by atomic mass is 10.1. The van der Waals surface area contributed by atoms with Crippen molar-refractivity contribution in [1.82, 2.24) is 14.9 Å². The zero-order valence-electron chi connectivity index (χ0n) is 12.4. The Hall–Kier alpha value is -2.00. The summed E-state index contributed by atoms with van der Waals surface area (Å²) in [4.78, 5) is 25.2. The van der Waals surface area contributed by atoms with Crippen LogP contribution in [0.25, 0.3) is 0 Å². The summed E-state index contributed by atoms with van der Waals surface area (Å²) >= 11 is 0. The van der Waals surface area contributed by atoms with Crippen LogP contribution in [0.4, 0.5) is 4.39 Å². The first-order valence-electron chi connectivity index (χ1n) is 7.12. The molecule has 0 aliphatic carbocycles. The van der Waals surface area contributed by atoms with Crippen LogP contribution in [0.5, 0.6) is 0 Å². The highest BCUT2D eigenvalue weighted by Gasteiger charge is 2.22. The van der Waals surface area contributed by atoms with Crippen LogP contribution in [-0.2, 0) is 26.0 Å². The molecule has 126 valence electrons. The minimum atomic E-state index is -3.33. The van der Waals surface area contributed by atoms with Crippen molar-refractivity contribution in [2.24, 2.45) is 0 Å². The third-order valence-electron chi connectivity index (χ3n) is 3.38. The lowest BCUT2D eigenvalue weighted by Gasteiger charge is -2.19. The number of hydrogen-bond donors (Lipinski definition) is 2. The van der Waals surface area contributed by atoms with Gasteiger partial charge in [-0.1, -0.05) is 12.1 Å². The molecule has 2 rings (SSSR count). The van der Waals surface area contributed by atoms with Crippen molar-refractivity contribution in [2.45, 2.75) is 6.42 Å². The van der Waals surface area contributed by atoms with E-state index in [1.807, 2.05) is 0 Å². The molecule has 1 heterocycles. The van der Waals surface area contributed by atoms with Crippen molar-refractivity contribution >= 4 is 21.8 Å². The Labute approximate surface area is 133 Å². The molecule has 1 aromatic rings. The number of carbonyl (C=O) groups is 2. The fraction of sp³-hybridized carbons (Fsp3) is 0.429. The molecule has 0 atom stereocenters. The van der Waals surface area contributed by atoms with E-state index in [0.717, 1.165) is 0 Å². The third-order valence-corrected chi connectivity index (χ3v) is 4.74. The summed E-state index contributed by atoms with van der Waals surface area (Å²) in [5.74, 6) is -1.33. The highest BCUT2D eigenvalue weighted by Crippen LogP contribution is 2.04. The lowest BCUT2D eigenvalue weighted by molar-refractivity contribution is -0.132. The Morgan fingerprint density at radius 2 is 2.09 bits per heavy atom. The molecule has 1 aliphatic rings. The van der Waals surface area contributed by atoms with Crippen molar-refractivity contribution in [3.63, 3.8) is 0 Å². The summed E-state index contributed by atoms with van der Waals surface area (Å²) in [6, 6.07) is 5.67. The molecule has 2 N–H and O–H groups in total. The Morgan fingerprint density at radius 3 is 2.83 bits per heavy atom. The lowest BCUT2D eigenvalue weighted by Crippen LogP contribution is -2.42. The molecule has 1 aliphatic heterocycles. The summed E-state index contributed by atoms with van der Waals surface area (Å²) in [5.41, 5.74) is 0.514. The second-order valence-corrected chi connectivity index (χ2v) is 7.10. The molecule has 0 radical (unpaired) electrons. The largest absolute Gasteiger partial charge is 0.347 e. The molecule has 0 bridgehead atoms. The van der Waals surface area contributed by atoms with Crippen LogP contribution < -0.4 is 10.0 Å². The van der Waals surface area contributed by atoms with E-state index in [4.69, 9.17) is 0 Å². The average molecular weight is 343 g/mol. The van der Waals surface area contributed by atoms with Crippen LogP contribution in [-0.4, -0.2) is 57.1 Å². The zero-order valence-corrected chi connectivity index (χ0v) is 13.2. The Bertz CT molecular complexity index is 693. The van der Waals surface area contributed by atoms with E-state index in [0.29, 0.717) is 5.56 Å². The molecule has 0 aromatic heterocycles. The van der Waals surface area contributed by atoms with Crippen LogP contribution in [0, 0.1) is 5.82 Å². The van der Waals surface area contributed by atoms with Gasteiger partial charge < -0.3 is 10.2 Å². The minimum Gasteiger partial charge on any atom is -0.347 e. The molecular formula is C14H18FN3O4S. The molecule has 9 heteroatoms. The summed E-state index contributed by atoms with van der Waals surface area (Å²) in [6.07, 6.45) is -0.0268. The Kier molecular flexibility index (Phi) is 5.67. The van der Waals surface area contributed by atoms with E-state index >= 15 is 0 Å². The van der Waals surface area contributed by atoms with Crippen molar-refractivity contribution in [3.05, 3.63) is 35.6 Å².